The van der Waals surface area contributed by atoms with Gasteiger partial charge in [0.1, 0.15) is 5.82 Å². The lowest BCUT2D eigenvalue weighted by Gasteiger charge is -2.49. The maximum atomic E-state index is 13.4. The summed E-state index contributed by atoms with van der Waals surface area (Å²) >= 11 is 1.68. The van der Waals surface area contributed by atoms with Crippen molar-refractivity contribution in [3.63, 3.8) is 0 Å². The molecule has 33 heavy (non-hydrogen) atoms. The van der Waals surface area contributed by atoms with Gasteiger partial charge in [0.05, 0.1) is 16.9 Å². The molecule has 2 atom stereocenters. The van der Waals surface area contributed by atoms with Crippen LogP contribution in [0.1, 0.15) is 10.4 Å². The van der Waals surface area contributed by atoms with E-state index in [4.69, 9.17) is 0 Å². The predicted octanol–water partition coefficient (Wildman–Crippen LogP) is 3.28. The number of hydrogen-bond donors (Lipinski definition) is 1. The van der Waals surface area contributed by atoms with E-state index in [0.29, 0.717) is 19.5 Å². The van der Waals surface area contributed by atoms with Crippen LogP contribution in [-0.2, 0) is 17.6 Å². The Bertz CT molecular complexity index is 1140. The number of nitrogens with zero attached hydrogens (tertiary/aromatic N) is 4. The normalized spacial score (nSPS) is 19.5. The average molecular weight is 464 g/mol. The Labute approximate surface area is 196 Å². The first-order valence-electron chi connectivity index (χ1n) is 11.1. The second kappa shape index (κ2) is 9.19. The first kappa shape index (κ1) is 21.4. The molecule has 0 bridgehead atoms. The third kappa shape index (κ3) is 4.41. The van der Waals surface area contributed by atoms with Crippen LogP contribution in [0.15, 0.2) is 60.1 Å². The summed E-state index contributed by atoms with van der Waals surface area (Å²) in [4.78, 5) is 34.5. The zero-order valence-corrected chi connectivity index (χ0v) is 18.9. The third-order valence-electron chi connectivity index (χ3n) is 6.47. The number of nitrogens with one attached hydrogen (secondary N) is 1. The Morgan fingerprint density at radius 1 is 1.21 bits per heavy atom. The molecule has 0 aliphatic carbocycles. The first-order valence-corrected chi connectivity index (χ1v) is 12.0. The van der Waals surface area contributed by atoms with E-state index in [1.165, 1.54) is 4.88 Å². The molecule has 5 rings (SSSR count). The van der Waals surface area contributed by atoms with Crippen molar-refractivity contribution >= 4 is 34.4 Å². The van der Waals surface area contributed by atoms with Crippen molar-refractivity contribution in [1.29, 1.82) is 0 Å². The molecular weight excluding hydrogens is 438 g/mol. The number of rotatable bonds is 6. The van der Waals surface area contributed by atoms with Crippen LogP contribution in [0.4, 0.5) is 17.2 Å². The molecule has 170 valence electrons. The van der Waals surface area contributed by atoms with E-state index >= 15 is 0 Å². The van der Waals surface area contributed by atoms with Crippen molar-refractivity contribution in [1.82, 2.24) is 10.3 Å². The number of amides is 1. The number of pyridine rings is 1. The fourth-order valence-electron chi connectivity index (χ4n) is 4.87. The van der Waals surface area contributed by atoms with Gasteiger partial charge in [-0.1, -0.05) is 12.1 Å². The van der Waals surface area contributed by atoms with Gasteiger partial charge in [-0.25, -0.2) is 4.98 Å². The van der Waals surface area contributed by atoms with Gasteiger partial charge in [-0.3, -0.25) is 14.9 Å². The SMILES string of the molecule is O=C(NCCc1cccs1)C1Cc2cc([N+](=O)[O-])ccc2N2CCN(c3ccccn3)CC12. The summed E-state index contributed by atoms with van der Waals surface area (Å²) in [6.45, 7) is 2.76. The van der Waals surface area contributed by atoms with Crippen LogP contribution in [-0.4, -0.2) is 48.0 Å². The summed E-state index contributed by atoms with van der Waals surface area (Å²) in [5, 5.41) is 16.5. The summed E-state index contributed by atoms with van der Waals surface area (Å²) in [6, 6.07) is 14.9. The van der Waals surface area contributed by atoms with Gasteiger partial charge in [-0.15, -0.1) is 11.3 Å². The highest BCUT2D eigenvalue weighted by Crippen LogP contribution is 2.38. The van der Waals surface area contributed by atoms with Crippen LogP contribution in [0.25, 0.3) is 0 Å². The molecule has 2 aliphatic heterocycles. The lowest BCUT2D eigenvalue weighted by molar-refractivity contribution is -0.384. The van der Waals surface area contributed by atoms with Gasteiger partial charge in [0, 0.05) is 55.1 Å². The van der Waals surface area contributed by atoms with Crippen molar-refractivity contribution < 1.29 is 9.72 Å². The molecule has 1 aromatic carbocycles. The monoisotopic (exact) mass is 463 g/mol. The molecule has 8 nitrogen and oxygen atoms in total. The van der Waals surface area contributed by atoms with Crippen molar-refractivity contribution in [3.8, 4) is 0 Å². The highest BCUT2D eigenvalue weighted by Gasteiger charge is 2.42. The van der Waals surface area contributed by atoms with Crippen LogP contribution >= 0.6 is 11.3 Å². The number of non-ortho nitro benzene ring substituents is 1. The number of aromatic nitrogens is 1. The van der Waals surface area contributed by atoms with Gasteiger partial charge in [0.25, 0.3) is 5.69 Å². The summed E-state index contributed by atoms with van der Waals surface area (Å²) in [5.74, 6) is 0.611. The Balaban J connectivity index is 1.40. The Hall–Kier alpha value is -3.46. The standard InChI is InChI=1S/C24H25N5O3S/c30-24(26-10-8-19-4-3-13-33-19)20-15-17-14-18(29(31)32)6-7-21(17)28-12-11-27(16-22(20)28)23-5-1-2-9-25-23/h1-7,9,13-14,20,22H,8,10-12,15-16H2,(H,26,30). The molecule has 2 aliphatic rings. The van der Waals surface area contributed by atoms with Gasteiger partial charge in [-0.2, -0.15) is 0 Å². The number of carbonyl (C=O) groups is 1. The number of hydrogen-bond acceptors (Lipinski definition) is 7. The van der Waals surface area contributed by atoms with E-state index in [-0.39, 0.29) is 28.5 Å². The minimum atomic E-state index is -0.374. The fraction of sp³-hybridized carbons (Fsp3) is 0.333. The molecular formula is C24H25N5O3S. The summed E-state index contributed by atoms with van der Waals surface area (Å²) in [5.41, 5.74) is 1.93. The van der Waals surface area contributed by atoms with Gasteiger partial charge in [0.2, 0.25) is 5.91 Å². The summed E-state index contributed by atoms with van der Waals surface area (Å²) in [7, 11) is 0. The number of thiophene rings is 1. The lowest BCUT2D eigenvalue weighted by atomic mass is 9.83. The fourth-order valence-corrected chi connectivity index (χ4v) is 5.58. The Morgan fingerprint density at radius 2 is 2.12 bits per heavy atom. The molecule has 1 N–H and O–H groups in total. The predicted molar refractivity (Wildman–Crippen MR) is 129 cm³/mol. The van der Waals surface area contributed by atoms with Gasteiger partial charge < -0.3 is 15.1 Å². The third-order valence-corrected chi connectivity index (χ3v) is 7.40. The second-order valence-electron chi connectivity index (χ2n) is 8.40. The smallest absolute Gasteiger partial charge is 0.269 e. The molecule has 0 saturated carbocycles. The minimum absolute atomic E-state index is 0.00147. The van der Waals surface area contributed by atoms with E-state index in [1.54, 1.807) is 29.7 Å². The molecule has 1 fully saturated rings. The Kier molecular flexibility index (Phi) is 5.95. The average Bonchev–Trinajstić information content (AvgIpc) is 3.36. The van der Waals surface area contributed by atoms with Crippen molar-refractivity contribution in [2.75, 3.05) is 36.0 Å². The number of nitro benzene ring substituents is 1. The minimum Gasteiger partial charge on any atom is -0.364 e. The van der Waals surface area contributed by atoms with E-state index in [2.05, 4.69) is 26.2 Å². The zero-order chi connectivity index (χ0) is 22.8. The maximum Gasteiger partial charge on any atom is 0.269 e. The van der Waals surface area contributed by atoms with Crippen LogP contribution in [0.3, 0.4) is 0 Å². The van der Waals surface area contributed by atoms with Crippen molar-refractivity contribution in [2.45, 2.75) is 18.9 Å². The van der Waals surface area contributed by atoms with Crippen LogP contribution in [0.5, 0.6) is 0 Å². The van der Waals surface area contributed by atoms with E-state index in [0.717, 1.165) is 36.6 Å². The Morgan fingerprint density at radius 3 is 2.88 bits per heavy atom. The number of piperazine rings is 1. The molecule has 1 amide bonds. The zero-order valence-electron chi connectivity index (χ0n) is 18.1. The second-order valence-corrected chi connectivity index (χ2v) is 9.43. The maximum absolute atomic E-state index is 13.4. The summed E-state index contributed by atoms with van der Waals surface area (Å²) < 4.78 is 0. The number of anilines is 2. The van der Waals surface area contributed by atoms with E-state index in [1.807, 2.05) is 35.7 Å². The number of fused-ring (bicyclic) bond motifs is 3. The molecule has 9 heteroatoms. The number of benzene rings is 1. The lowest BCUT2D eigenvalue weighted by Crippen LogP contribution is -2.61. The van der Waals surface area contributed by atoms with Crippen LogP contribution in [0.2, 0.25) is 0 Å². The molecule has 2 aromatic heterocycles. The van der Waals surface area contributed by atoms with Crippen LogP contribution < -0.4 is 15.1 Å². The summed E-state index contributed by atoms with van der Waals surface area (Å²) in [6.07, 6.45) is 3.07. The molecule has 1 saturated heterocycles. The first-order chi connectivity index (χ1) is 16.1. The molecule has 4 heterocycles. The van der Waals surface area contributed by atoms with Crippen molar-refractivity contribution in [2.24, 2.45) is 5.92 Å². The van der Waals surface area contributed by atoms with E-state index < -0.39 is 0 Å². The number of nitro groups is 1. The topological polar surface area (TPSA) is 91.6 Å². The van der Waals surface area contributed by atoms with Crippen LogP contribution in [0, 0.1) is 16.0 Å². The highest BCUT2D eigenvalue weighted by atomic mass is 32.1. The molecule has 0 spiro atoms. The van der Waals surface area contributed by atoms with Gasteiger partial charge in [0.15, 0.2) is 0 Å². The van der Waals surface area contributed by atoms with Crippen molar-refractivity contribution in [3.05, 3.63) is 80.7 Å². The molecule has 0 radical (unpaired) electrons. The molecule has 2 unspecified atom stereocenters. The molecule has 3 aromatic rings. The quantitative estimate of drug-likeness (QED) is 0.446. The largest absolute Gasteiger partial charge is 0.364 e. The van der Waals surface area contributed by atoms with E-state index in [9.17, 15) is 14.9 Å². The highest BCUT2D eigenvalue weighted by molar-refractivity contribution is 7.09. The van der Waals surface area contributed by atoms with Gasteiger partial charge in [-0.05, 0) is 48.1 Å². The van der Waals surface area contributed by atoms with Gasteiger partial charge >= 0.3 is 0 Å². The number of carbonyl (C=O) groups excluding carboxylic acids is 1.